The molecule has 1 saturated heterocycles. The van der Waals surface area contributed by atoms with Gasteiger partial charge in [-0.15, -0.1) is 0 Å². The number of carbonyl (C=O) groups excluding carboxylic acids is 2. The van der Waals surface area contributed by atoms with Crippen LogP contribution in [0.3, 0.4) is 0 Å². The van der Waals surface area contributed by atoms with Crippen LogP contribution in [-0.2, 0) is 21.2 Å². The SMILES string of the molecule is COc1ccc(C(=O)N2CCc3ccc(NC(=O)[C@@H]4CCCN(S(=O)(=O)c5ccc(OC)c(C)c5)C4)cc32)cc1. The Morgan fingerprint density at radius 2 is 1.73 bits per heavy atom. The molecule has 0 unspecified atom stereocenters. The van der Waals surface area contributed by atoms with Crippen molar-refractivity contribution in [3.8, 4) is 11.5 Å². The van der Waals surface area contributed by atoms with Crippen LogP contribution >= 0.6 is 0 Å². The summed E-state index contributed by atoms with van der Waals surface area (Å²) in [6.07, 6.45) is 1.90. The first kappa shape index (κ1) is 27.7. The summed E-state index contributed by atoms with van der Waals surface area (Å²) in [4.78, 5) is 28.4. The van der Waals surface area contributed by atoms with Gasteiger partial charge in [0.2, 0.25) is 15.9 Å². The van der Waals surface area contributed by atoms with Gasteiger partial charge in [0, 0.05) is 36.6 Å². The third-order valence-corrected chi connectivity index (χ3v) is 9.45. The molecule has 3 aromatic rings. The molecule has 2 aliphatic rings. The predicted octanol–water partition coefficient (Wildman–Crippen LogP) is 4.25. The second-order valence-corrected chi connectivity index (χ2v) is 12.0. The third-order valence-electron chi connectivity index (χ3n) is 7.59. The Morgan fingerprint density at radius 1 is 0.950 bits per heavy atom. The number of methoxy groups -OCH3 is 2. The number of hydrogen-bond acceptors (Lipinski definition) is 6. The first-order valence-electron chi connectivity index (χ1n) is 13.3. The lowest BCUT2D eigenvalue weighted by Crippen LogP contribution is -2.43. The monoisotopic (exact) mass is 563 g/mol. The van der Waals surface area contributed by atoms with Gasteiger partial charge >= 0.3 is 0 Å². The van der Waals surface area contributed by atoms with Crippen molar-refractivity contribution in [3.63, 3.8) is 0 Å². The van der Waals surface area contributed by atoms with E-state index in [1.54, 1.807) is 62.4 Å². The maximum atomic E-state index is 13.4. The highest BCUT2D eigenvalue weighted by molar-refractivity contribution is 7.89. The number of amides is 2. The summed E-state index contributed by atoms with van der Waals surface area (Å²) < 4.78 is 38.5. The topological polar surface area (TPSA) is 105 Å². The van der Waals surface area contributed by atoms with Crippen molar-refractivity contribution in [2.45, 2.75) is 31.1 Å². The van der Waals surface area contributed by atoms with Gasteiger partial charge < -0.3 is 19.7 Å². The zero-order valence-electron chi connectivity index (χ0n) is 22.8. The summed E-state index contributed by atoms with van der Waals surface area (Å²) in [5, 5.41) is 2.96. The van der Waals surface area contributed by atoms with Gasteiger partial charge in [0.15, 0.2) is 0 Å². The van der Waals surface area contributed by atoms with Crippen molar-refractivity contribution in [1.82, 2.24) is 4.31 Å². The van der Waals surface area contributed by atoms with E-state index in [1.165, 1.54) is 10.4 Å². The number of fused-ring (bicyclic) bond motifs is 1. The second kappa shape index (κ2) is 11.3. The minimum Gasteiger partial charge on any atom is -0.497 e. The van der Waals surface area contributed by atoms with Crippen LogP contribution in [0.2, 0.25) is 0 Å². The molecule has 3 aromatic carbocycles. The molecular formula is C30H33N3O6S. The summed E-state index contributed by atoms with van der Waals surface area (Å²) in [5.74, 6) is 0.446. The Kier molecular flexibility index (Phi) is 7.82. The lowest BCUT2D eigenvalue weighted by Gasteiger charge is -2.31. The lowest BCUT2D eigenvalue weighted by molar-refractivity contribution is -0.120. The highest BCUT2D eigenvalue weighted by atomic mass is 32.2. The normalized spacial score (nSPS) is 17.3. The third kappa shape index (κ3) is 5.41. The lowest BCUT2D eigenvalue weighted by atomic mass is 9.98. The number of aryl methyl sites for hydroxylation is 1. The van der Waals surface area contributed by atoms with E-state index < -0.39 is 15.9 Å². The van der Waals surface area contributed by atoms with Gasteiger partial charge in [0.25, 0.3) is 5.91 Å². The van der Waals surface area contributed by atoms with Gasteiger partial charge in [0.1, 0.15) is 11.5 Å². The molecule has 2 heterocycles. The molecule has 10 heteroatoms. The molecule has 0 radical (unpaired) electrons. The Bertz CT molecular complexity index is 1540. The number of benzene rings is 3. The molecule has 0 aliphatic carbocycles. The maximum absolute atomic E-state index is 13.4. The van der Waals surface area contributed by atoms with E-state index in [2.05, 4.69) is 5.32 Å². The van der Waals surface area contributed by atoms with E-state index in [-0.39, 0.29) is 23.3 Å². The highest BCUT2D eigenvalue weighted by Crippen LogP contribution is 2.33. The molecule has 0 bridgehead atoms. The molecule has 1 N–H and O–H groups in total. The maximum Gasteiger partial charge on any atom is 0.258 e. The number of anilines is 2. The van der Waals surface area contributed by atoms with Crippen LogP contribution in [0, 0.1) is 12.8 Å². The van der Waals surface area contributed by atoms with Crippen LogP contribution in [0.4, 0.5) is 11.4 Å². The van der Waals surface area contributed by atoms with Gasteiger partial charge in [-0.25, -0.2) is 8.42 Å². The Labute approximate surface area is 234 Å². The van der Waals surface area contributed by atoms with E-state index in [0.717, 1.165) is 23.2 Å². The zero-order chi connectivity index (χ0) is 28.4. The molecule has 0 saturated carbocycles. The molecule has 1 fully saturated rings. The van der Waals surface area contributed by atoms with Crippen LogP contribution in [0.5, 0.6) is 11.5 Å². The molecule has 2 aliphatic heterocycles. The Balaban J connectivity index is 1.28. The molecule has 9 nitrogen and oxygen atoms in total. The predicted molar refractivity (Wildman–Crippen MR) is 153 cm³/mol. The van der Waals surface area contributed by atoms with Crippen LogP contribution in [0.25, 0.3) is 0 Å². The summed E-state index contributed by atoms with van der Waals surface area (Å²) in [7, 11) is -0.637. The van der Waals surface area contributed by atoms with Crippen molar-refractivity contribution in [2.75, 3.05) is 44.1 Å². The molecule has 0 spiro atoms. The fraction of sp³-hybridized carbons (Fsp3) is 0.333. The van der Waals surface area contributed by atoms with Crippen molar-refractivity contribution in [3.05, 3.63) is 77.4 Å². The van der Waals surface area contributed by atoms with Gasteiger partial charge in [-0.3, -0.25) is 9.59 Å². The molecule has 5 rings (SSSR count). The van der Waals surface area contributed by atoms with Crippen molar-refractivity contribution in [1.29, 1.82) is 0 Å². The van der Waals surface area contributed by atoms with E-state index in [9.17, 15) is 18.0 Å². The average Bonchev–Trinajstić information content (AvgIpc) is 3.40. The molecule has 2 amide bonds. The summed E-state index contributed by atoms with van der Waals surface area (Å²) in [6, 6.07) is 17.3. The van der Waals surface area contributed by atoms with Gasteiger partial charge in [-0.2, -0.15) is 4.31 Å². The Morgan fingerprint density at radius 3 is 2.42 bits per heavy atom. The molecule has 0 aromatic heterocycles. The van der Waals surface area contributed by atoms with Gasteiger partial charge in [-0.05, 0) is 91.9 Å². The average molecular weight is 564 g/mol. The number of carbonyl (C=O) groups is 2. The van der Waals surface area contributed by atoms with Crippen LogP contribution in [0.15, 0.2) is 65.6 Å². The second-order valence-electron chi connectivity index (χ2n) is 10.1. The number of rotatable bonds is 7. The van der Waals surface area contributed by atoms with E-state index in [0.29, 0.717) is 48.7 Å². The number of piperidine rings is 1. The minimum atomic E-state index is -3.76. The Hall–Kier alpha value is -3.89. The van der Waals surface area contributed by atoms with Crippen molar-refractivity contribution in [2.24, 2.45) is 5.92 Å². The van der Waals surface area contributed by atoms with Crippen LogP contribution in [-0.4, -0.2) is 58.4 Å². The quantitative estimate of drug-likeness (QED) is 0.461. The summed E-state index contributed by atoms with van der Waals surface area (Å²) >= 11 is 0. The van der Waals surface area contributed by atoms with E-state index >= 15 is 0 Å². The van der Waals surface area contributed by atoms with Crippen LogP contribution < -0.4 is 19.7 Å². The number of ether oxygens (including phenoxy) is 2. The molecule has 40 heavy (non-hydrogen) atoms. The van der Waals surface area contributed by atoms with E-state index in [4.69, 9.17) is 9.47 Å². The smallest absolute Gasteiger partial charge is 0.258 e. The molecule has 1 atom stereocenters. The first-order valence-corrected chi connectivity index (χ1v) is 14.7. The molecular weight excluding hydrogens is 530 g/mol. The molecule has 210 valence electrons. The van der Waals surface area contributed by atoms with Crippen LogP contribution in [0.1, 0.15) is 34.3 Å². The van der Waals surface area contributed by atoms with Crippen molar-refractivity contribution < 1.29 is 27.5 Å². The van der Waals surface area contributed by atoms with E-state index in [1.807, 2.05) is 18.2 Å². The standard InChI is InChI=1S/C30H33N3O6S/c1-20-17-26(12-13-28(20)39-3)40(36,37)32-15-4-5-23(19-32)29(34)31-24-9-6-21-14-16-33(27(21)18-24)30(35)22-7-10-25(38-2)11-8-22/h6-13,17-18,23H,4-5,14-16,19H2,1-3H3,(H,31,34)/t23-/m1/s1. The summed E-state index contributed by atoms with van der Waals surface area (Å²) in [6.45, 7) is 2.81. The number of hydrogen-bond donors (Lipinski definition) is 1. The largest absolute Gasteiger partial charge is 0.497 e. The van der Waals surface area contributed by atoms with Gasteiger partial charge in [-0.1, -0.05) is 6.07 Å². The van der Waals surface area contributed by atoms with Crippen molar-refractivity contribution >= 4 is 33.2 Å². The minimum absolute atomic E-state index is 0.103. The number of nitrogens with zero attached hydrogens (tertiary/aromatic N) is 2. The fourth-order valence-corrected chi connectivity index (χ4v) is 6.95. The van der Waals surface area contributed by atoms with Gasteiger partial charge in [0.05, 0.1) is 25.0 Å². The highest BCUT2D eigenvalue weighted by Gasteiger charge is 2.34. The summed E-state index contributed by atoms with van der Waals surface area (Å²) in [5.41, 5.74) is 3.65. The fourth-order valence-electron chi connectivity index (χ4n) is 5.34. The number of nitrogens with one attached hydrogen (secondary N) is 1. The number of sulfonamides is 1. The first-order chi connectivity index (χ1) is 19.2. The zero-order valence-corrected chi connectivity index (χ0v) is 23.7.